The highest BCUT2D eigenvalue weighted by Crippen LogP contribution is 2.50. The first-order valence-electron chi connectivity index (χ1n) is 16.9. The van der Waals surface area contributed by atoms with Crippen LogP contribution in [0.15, 0.2) is 11.8 Å². The first kappa shape index (κ1) is 28.4. The molecule has 8 heteroatoms. The van der Waals surface area contributed by atoms with Crippen molar-refractivity contribution in [2.75, 3.05) is 26.7 Å². The SMILES string of the molecule is CN1CCCC1CCCC(=O)C1=CN2C3CC4CCCCC4CC3OC3C(NC[C@@H]4CCCO4)C(F)CC(C1=O)C32. The Morgan fingerprint density at radius 3 is 2.66 bits per heavy atom. The number of nitrogens with one attached hydrogen (secondary N) is 1. The Hall–Kier alpha value is -1.35. The van der Waals surface area contributed by atoms with Gasteiger partial charge in [0.05, 0.1) is 42.0 Å². The molecule has 1 N–H and O–H groups in total. The summed E-state index contributed by atoms with van der Waals surface area (Å²) >= 11 is 0. The molecule has 41 heavy (non-hydrogen) atoms. The summed E-state index contributed by atoms with van der Waals surface area (Å²) in [5.41, 5.74) is 0.328. The smallest absolute Gasteiger partial charge is 0.173 e. The van der Waals surface area contributed by atoms with Crippen molar-refractivity contribution in [3.8, 4) is 0 Å². The normalized spacial score (nSPS) is 44.2. The first-order valence-corrected chi connectivity index (χ1v) is 16.9. The van der Waals surface area contributed by atoms with Crippen LogP contribution in [0.4, 0.5) is 4.39 Å². The van der Waals surface area contributed by atoms with E-state index in [4.69, 9.17) is 9.47 Å². The van der Waals surface area contributed by atoms with E-state index in [1.54, 1.807) is 0 Å². The van der Waals surface area contributed by atoms with Crippen LogP contribution in [-0.2, 0) is 19.1 Å². The molecule has 0 aromatic heterocycles. The molecule has 4 heterocycles. The predicted octanol–water partition coefficient (Wildman–Crippen LogP) is 4.19. The molecule has 4 aliphatic heterocycles. The van der Waals surface area contributed by atoms with Crippen LogP contribution in [0.25, 0.3) is 0 Å². The second-order valence-electron chi connectivity index (χ2n) is 14.3. The molecule has 0 amide bonds. The fourth-order valence-corrected chi connectivity index (χ4v) is 9.78. The summed E-state index contributed by atoms with van der Waals surface area (Å²) in [7, 11) is 2.17. The molecule has 6 fully saturated rings. The Balaban J connectivity index is 1.13. The van der Waals surface area contributed by atoms with Crippen LogP contribution >= 0.6 is 0 Å². The molecule has 228 valence electrons. The zero-order valence-electron chi connectivity index (χ0n) is 24.9. The van der Waals surface area contributed by atoms with E-state index in [1.807, 2.05) is 6.20 Å². The monoisotopic (exact) mass is 571 g/mol. The molecule has 3 saturated heterocycles. The molecule has 0 aromatic carbocycles. The predicted molar refractivity (Wildman–Crippen MR) is 154 cm³/mol. The summed E-state index contributed by atoms with van der Waals surface area (Å²) in [4.78, 5) is 32.3. The maximum Gasteiger partial charge on any atom is 0.173 e. The van der Waals surface area contributed by atoms with Crippen molar-refractivity contribution in [2.45, 2.75) is 139 Å². The molecule has 0 radical (unpaired) electrons. The lowest BCUT2D eigenvalue weighted by Gasteiger charge is -2.61. The van der Waals surface area contributed by atoms with Crippen molar-refractivity contribution in [1.82, 2.24) is 15.1 Å². The van der Waals surface area contributed by atoms with Gasteiger partial charge in [-0.05, 0) is 83.2 Å². The summed E-state index contributed by atoms with van der Waals surface area (Å²) in [5.74, 6) is 0.640. The number of fused-ring (bicyclic) bond motifs is 3. The summed E-state index contributed by atoms with van der Waals surface area (Å²) in [6.07, 6.45) is 14.5. The summed E-state index contributed by atoms with van der Waals surface area (Å²) in [6.45, 7) is 2.51. The molecule has 3 saturated carbocycles. The third-order valence-electron chi connectivity index (χ3n) is 12.0. The number of halogens is 1. The van der Waals surface area contributed by atoms with Crippen LogP contribution in [0.1, 0.15) is 89.9 Å². The average Bonchev–Trinajstić information content (AvgIpc) is 3.64. The van der Waals surface area contributed by atoms with Crippen molar-refractivity contribution in [3.05, 3.63) is 11.8 Å². The van der Waals surface area contributed by atoms with Crippen LogP contribution < -0.4 is 5.32 Å². The van der Waals surface area contributed by atoms with Crippen LogP contribution in [-0.4, -0.2) is 96.8 Å². The van der Waals surface area contributed by atoms with Gasteiger partial charge in [0.1, 0.15) is 6.17 Å². The maximum absolute atomic E-state index is 16.0. The molecule has 10 unspecified atom stereocenters. The van der Waals surface area contributed by atoms with Gasteiger partial charge in [-0.1, -0.05) is 25.7 Å². The molecule has 11 atom stereocenters. The van der Waals surface area contributed by atoms with Gasteiger partial charge in [0, 0.05) is 37.7 Å². The molecule has 3 aliphatic carbocycles. The van der Waals surface area contributed by atoms with Crippen LogP contribution in [0, 0.1) is 17.8 Å². The molecule has 0 aromatic rings. The number of Topliss-reactive ketones (excluding diaryl/α,β-unsaturated/α-hetero) is 2. The molecule has 7 nitrogen and oxygen atoms in total. The van der Waals surface area contributed by atoms with Gasteiger partial charge in [-0.25, -0.2) is 4.39 Å². The number of hydrogen-bond acceptors (Lipinski definition) is 7. The number of carbonyl (C=O) groups is 2. The minimum atomic E-state index is -1.19. The van der Waals surface area contributed by atoms with Gasteiger partial charge in [-0.15, -0.1) is 0 Å². The Morgan fingerprint density at radius 2 is 1.90 bits per heavy atom. The fraction of sp³-hybridized carbons (Fsp3) is 0.879. The number of allylic oxidation sites excluding steroid dienone is 1. The minimum Gasteiger partial charge on any atom is -0.377 e. The van der Waals surface area contributed by atoms with Gasteiger partial charge >= 0.3 is 0 Å². The Kier molecular flexibility index (Phi) is 8.30. The maximum atomic E-state index is 16.0. The van der Waals surface area contributed by atoms with E-state index >= 15 is 4.39 Å². The van der Waals surface area contributed by atoms with Crippen molar-refractivity contribution in [2.24, 2.45) is 17.8 Å². The summed E-state index contributed by atoms with van der Waals surface area (Å²) < 4.78 is 28.7. The van der Waals surface area contributed by atoms with Crippen LogP contribution in [0.2, 0.25) is 0 Å². The molecular formula is C33H50FN3O4. The second-order valence-corrected chi connectivity index (χ2v) is 14.3. The lowest BCUT2D eigenvalue weighted by atomic mass is 9.64. The fourth-order valence-electron chi connectivity index (χ4n) is 9.78. The van der Waals surface area contributed by atoms with Crippen LogP contribution in [0.3, 0.4) is 0 Å². The zero-order valence-corrected chi connectivity index (χ0v) is 24.9. The molecule has 7 rings (SSSR count). The van der Waals surface area contributed by atoms with E-state index in [9.17, 15) is 9.59 Å². The van der Waals surface area contributed by atoms with Crippen molar-refractivity contribution < 1.29 is 23.5 Å². The number of rotatable bonds is 8. The Labute approximate surface area is 244 Å². The third kappa shape index (κ3) is 5.44. The van der Waals surface area contributed by atoms with Gasteiger partial charge in [-0.2, -0.15) is 0 Å². The van der Waals surface area contributed by atoms with Gasteiger partial charge in [0.2, 0.25) is 0 Å². The largest absolute Gasteiger partial charge is 0.377 e. The van der Waals surface area contributed by atoms with Crippen molar-refractivity contribution >= 4 is 11.6 Å². The second kappa shape index (κ2) is 12.0. The number of alkyl halides is 1. The summed E-state index contributed by atoms with van der Waals surface area (Å²) in [5, 5.41) is 3.51. The number of carbonyl (C=O) groups excluding carboxylic acids is 2. The van der Waals surface area contributed by atoms with E-state index in [0.717, 1.165) is 51.7 Å². The molecule has 0 bridgehead atoms. The topological polar surface area (TPSA) is 71.1 Å². The number of nitrogens with zero attached hydrogens (tertiary/aromatic N) is 2. The highest BCUT2D eigenvalue weighted by molar-refractivity contribution is 6.21. The Bertz CT molecular complexity index is 1020. The first-order chi connectivity index (χ1) is 20.0. The number of morpholine rings is 1. The van der Waals surface area contributed by atoms with E-state index in [1.165, 1.54) is 38.5 Å². The summed E-state index contributed by atoms with van der Waals surface area (Å²) in [6, 6.07) is 0.0342. The molecular weight excluding hydrogens is 521 g/mol. The number of ether oxygens (including phenoxy) is 2. The van der Waals surface area contributed by atoms with E-state index < -0.39 is 24.2 Å². The van der Waals surface area contributed by atoms with Gasteiger partial charge in [0.15, 0.2) is 11.6 Å². The van der Waals surface area contributed by atoms with Gasteiger partial charge in [0.25, 0.3) is 0 Å². The quantitative estimate of drug-likeness (QED) is 0.438. The van der Waals surface area contributed by atoms with Gasteiger partial charge in [-0.3, -0.25) is 9.59 Å². The lowest BCUT2D eigenvalue weighted by molar-refractivity contribution is -0.208. The highest BCUT2D eigenvalue weighted by Gasteiger charge is 2.59. The average molecular weight is 572 g/mol. The lowest BCUT2D eigenvalue weighted by Crippen LogP contribution is -2.73. The highest BCUT2D eigenvalue weighted by atomic mass is 19.1. The van der Waals surface area contributed by atoms with E-state index in [-0.39, 0.29) is 42.3 Å². The van der Waals surface area contributed by atoms with Crippen LogP contribution in [0.5, 0.6) is 0 Å². The third-order valence-corrected chi connectivity index (χ3v) is 12.0. The zero-order chi connectivity index (χ0) is 28.1. The number of hydrogen-bond donors (Lipinski definition) is 1. The van der Waals surface area contributed by atoms with Crippen molar-refractivity contribution in [1.29, 1.82) is 0 Å². The standard InChI is InChI=1S/C33H50FN3O4/c1-36-13-5-10-22(36)9-4-12-28(38)25-19-37-27-15-20-7-2-3-8-21(20)16-29(27)41-33-30(35-18-23-11-6-14-40-23)26(34)17-24(31(33)37)32(25)39/h19-24,26-27,29-31,33,35H,2-18H2,1H3/t20?,21?,22?,23-,24?,26?,27?,29?,30?,31?,33?/m0/s1. The number of likely N-dealkylation sites (tertiary alicyclic amines) is 1. The molecule has 7 aliphatic rings. The van der Waals surface area contributed by atoms with Crippen molar-refractivity contribution in [3.63, 3.8) is 0 Å². The van der Waals surface area contributed by atoms with E-state index in [2.05, 4.69) is 22.2 Å². The van der Waals surface area contributed by atoms with E-state index in [0.29, 0.717) is 36.4 Å². The molecule has 0 spiro atoms. The minimum absolute atomic E-state index is 0.0206. The number of ketones is 2. The van der Waals surface area contributed by atoms with Gasteiger partial charge < -0.3 is 24.6 Å². The Morgan fingerprint density at radius 1 is 1.07 bits per heavy atom.